The molecule has 1 aromatic heterocycles. The molecule has 0 unspecified atom stereocenters. The molecule has 1 aliphatic carbocycles. The van der Waals surface area contributed by atoms with Gasteiger partial charge in [-0.3, -0.25) is 9.59 Å². The molecule has 1 fully saturated rings. The van der Waals surface area contributed by atoms with Crippen LogP contribution in [0.4, 0.5) is 5.69 Å². The minimum Gasteiger partial charge on any atom is -0.349 e. The van der Waals surface area contributed by atoms with Crippen LogP contribution in [0.25, 0.3) is 0 Å². The molecule has 4 rings (SSSR count). The van der Waals surface area contributed by atoms with Gasteiger partial charge in [-0.05, 0) is 72.9 Å². The summed E-state index contributed by atoms with van der Waals surface area (Å²) in [5, 5.41) is 7.89. The van der Waals surface area contributed by atoms with Crippen LogP contribution in [-0.2, 0) is 0 Å². The predicted octanol–water partition coefficient (Wildman–Crippen LogP) is 5.46. The number of nitrogens with one attached hydrogen (secondary N) is 2. The van der Waals surface area contributed by atoms with E-state index in [0.717, 1.165) is 25.7 Å². The highest BCUT2D eigenvalue weighted by Gasteiger charge is 2.23. The maximum Gasteiger partial charge on any atom is 0.265 e. The topological polar surface area (TPSA) is 58.2 Å². The van der Waals surface area contributed by atoms with Crippen LogP contribution < -0.4 is 10.6 Å². The lowest BCUT2D eigenvalue weighted by Gasteiger charge is -2.29. The van der Waals surface area contributed by atoms with Gasteiger partial charge in [-0.25, -0.2) is 0 Å². The number of hydrogen-bond donors (Lipinski definition) is 2. The van der Waals surface area contributed by atoms with E-state index in [2.05, 4.69) is 34.9 Å². The molecule has 2 N–H and O–H groups in total. The number of benzene rings is 2. The second kappa shape index (κ2) is 9.05. The molecule has 1 aliphatic rings. The average Bonchev–Trinajstić information content (AvgIpc) is 3.31. The standard InChI is InChI=1S/C24H24N2O2S/c27-23(25-20-12-8-18(9-13-20)17-5-2-1-3-6-17)19-10-14-21(15-11-19)26-24(28)22-7-4-16-29-22/h1-7,10-11,14-16,18,20H,8-9,12-13H2,(H,25,27)(H,26,28). The zero-order valence-electron chi connectivity index (χ0n) is 16.1. The third-order valence-corrected chi connectivity index (χ3v) is 6.35. The molecule has 3 aromatic rings. The molecular formula is C24H24N2O2S. The third kappa shape index (κ3) is 4.93. The summed E-state index contributed by atoms with van der Waals surface area (Å²) in [7, 11) is 0. The number of hydrogen-bond acceptors (Lipinski definition) is 3. The van der Waals surface area contributed by atoms with Crippen LogP contribution in [0.15, 0.2) is 72.1 Å². The smallest absolute Gasteiger partial charge is 0.265 e. The molecule has 4 nitrogen and oxygen atoms in total. The van der Waals surface area contributed by atoms with Gasteiger partial charge in [-0.2, -0.15) is 0 Å². The number of thiophene rings is 1. The Bertz CT molecular complexity index is 944. The van der Waals surface area contributed by atoms with Crippen LogP contribution in [0.1, 0.15) is 57.2 Å². The van der Waals surface area contributed by atoms with E-state index in [1.807, 2.05) is 17.5 Å². The number of carbonyl (C=O) groups is 2. The van der Waals surface area contributed by atoms with Crippen molar-refractivity contribution in [1.82, 2.24) is 5.32 Å². The highest BCUT2D eigenvalue weighted by Crippen LogP contribution is 2.32. The van der Waals surface area contributed by atoms with Crippen molar-refractivity contribution in [3.05, 3.63) is 88.1 Å². The molecule has 0 atom stereocenters. The average molecular weight is 405 g/mol. The van der Waals surface area contributed by atoms with Gasteiger partial charge in [0.05, 0.1) is 4.88 Å². The molecule has 0 saturated heterocycles. The molecule has 1 saturated carbocycles. The summed E-state index contributed by atoms with van der Waals surface area (Å²) in [6, 6.07) is 21.5. The summed E-state index contributed by atoms with van der Waals surface area (Å²) in [4.78, 5) is 25.4. The van der Waals surface area contributed by atoms with E-state index in [9.17, 15) is 9.59 Å². The minimum atomic E-state index is -0.132. The van der Waals surface area contributed by atoms with E-state index in [4.69, 9.17) is 0 Å². The van der Waals surface area contributed by atoms with Crippen LogP contribution in [-0.4, -0.2) is 17.9 Å². The summed E-state index contributed by atoms with van der Waals surface area (Å²) in [5.74, 6) is 0.410. The second-order valence-electron chi connectivity index (χ2n) is 7.44. The molecule has 0 spiro atoms. The van der Waals surface area contributed by atoms with Crippen molar-refractivity contribution in [2.24, 2.45) is 0 Å². The van der Waals surface area contributed by atoms with Gasteiger partial charge in [0, 0.05) is 17.3 Å². The fourth-order valence-corrected chi connectivity index (χ4v) is 4.49. The predicted molar refractivity (Wildman–Crippen MR) is 118 cm³/mol. The van der Waals surface area contributed by atoms with Gasteiger partial charge in [0.15, 0.2) is 0 Å². The number of amides is 2. The number of rotatable bonds is 5. The van der Waals surface area contributed by atoms with Crippen molar-refractivity contribution in [1.29, 1.82) is 0 Å². The van der Waals surface area contributed by atoms with E-state index in [1.54, 1.807) is 30.3 Å². The zero-order chi connectivity index (χ0) is 20.1. The Kier molecular flexibility index (Phi) is 6.06. The molecule has 148 valence electrons. The summed E-state index contributed by atoms with van der Waals surface area (Å²) < 4.78 is 0. The molecule has 0 radical (unpaired) electrons. The van der Waals surface area contributed by atoms with E-state index in [-0.39, 0.29) is 17.9 Å². The second-order valence-corrected chi connectivity index (χ2v) is 8.39. The Labute approximate surface area is 175 Å². The van der Waals surface area contributed by atoms with Crippen molar-refractivity contribution in [3.63, 3.8) is 0 Å². The summed E-state index contributed by atoms with van der Waals surface area (Å²) in [6.45, 7) is 0. The quantitative estimate of drug-likeness (QED) is 0.593. The van der Waals surface area contributed by atoms with Crippen molar-refractivity contribution in [2.75, 3.05) is 5.32 Å². The van der Waals surface area contributed by atoms with Crippen LogP contribution in [0, 0.1) is 0 Å². The van der Waals surface area contributed by atoms with Gasteiger partial charge in [-0.15, -0.1) is 11.3 Å². The van der Waals surface area contributed by atoms with Crippen molar-refractivity contribution in [3.8, 4) is 0 Å². The van der Waals surface area contributed by atoms with E-state index in [0.29, 0.717) is 22.0 Å². The number of anilines is 1. The molecular weight excluding hydrogens is 380 g/mol. The summed E-state index contributed by atoms with van der Waals surface area (Å²) >= 11 is 1.40. The first-order valence-corrected chi connectivity index (χ1v) is 10.9. The molecule has 0 aliphatic heterocycles. The van der Waals surface area contributed by atoms with Gasteiger partial charge in [-0.1, -0.05) is 36.4 Å². The lowest BCUT2D eigenvalue weighted by molar-refractivity contribution is 0.0925. The van der Waals surface area contributed by atoms with E-state index in [1.165, 1.54) is 16.9 Å². The fraction of sp³-hybridized carbons (Fsp3) is 0.250. The summed E-state index contributed by atoms with van der Waals surface area (Å²) in [6.07, 6.45) is 4.20. The highest BCUT2D eigenvalue weighted by atomic mass is 32.1. The van der Waals surface area contributed by atoms with E-state index < -0.39 is 0 Å². The van der Waals surface area contributed by atoms with Crippen LogP contribution in [0.2, 0.25) is 0 Å². The first-order chi connectivity index (χ1) is 14.2. The first kappa shape index (κ1) is 19.4. The van der Waals surface area contributed by atoms with Gasteiger partial charge < -0.3 is 10.6 Å². The number of carbonyl (C=O) groups excluding carboxylic acids is 2. The van der Waals surface area contributed by atoms with Crippen molar-refractivity contribution in [2.45, 2.75) is 37.6 Å². The van der Waals surface area contributed by atoms with Crippen molar-refractivity contribution >= 4 is 28.8 Å². The van der Waals surface area contributed by atoms with Crippen LogP contribution >= 0.6 is 11.3 Å². The lowest BCUT2D eigenvalue weighted by Crippen LogP contribution is -2.37. The van der Waals surface area contributed by atoms with Gasteiger partial charge in [0.1, 0.15) is 0 Å². The first-order valence-electron chi connectivity index (χ1n) is 10.00. The Morgan fingerprint density at radius 3 is 2.17 bits per heavy atom. The molecule has 2 aromatic carbocycles. The molecule has 1 heterocycles. The largest absolute Gasteiger partial charge is 0.349 e. The van der Waals surface area contributed by atoms with Crippen molar-refractivity contribution < 1.29 is 9.59 Å². The SMILES string of the molecule is O=C(NC1CCC(c2ccccc2)CC1)c1ccc(NC(=O)c2cccs2)cc1. The maximum atomic E-state index is 12.6. The molecule has 0 bridgehead atoms. The van der Waals surface area contributed by atoms with Gasteiger partial charge in [0.25, 0.3) is 11.8 Å². The lowest BCUT2D eigenvalue weighted by atomic mass is 9.82. The fourth-order valence-electron chi connectivity index (χ4n) is 3.87. The van der Waals surface area contributed by atoms with Gasteiger partial charge in [0.2, 0.25) is 0 Å². The Morgan fingerprint density at radius 1 is 0.793 bits per heavy atom. The Balaban J connectivity index is 1.28. The zero-order valence-corrected chi connectivity index (χ0v) is 17.0. The maximum absolute atomic E-state index is 12.6. The Morgan fingerprint density at radius 2 is 1.52 bits per heavy atom. The van der Waals surface area contributed by atoms with Crippen LogP contribution in [0.3, 0.4) is 0 Å². The van der Waals surface area contributed by atoms with Gasteiger partial charge >= 0.3 is 0 Å². The summed E-state index contributed by atoms with van der Waals surface area (Å²) in [5.41, 5.74) is 2.70. The molecule has 29 heavy (non-hydrogen) atoms. The molecule has 2 amide bonds. The normalized spacial score (nSPS) is 18.8. The van der Waals surface area contributed by atoms with Crippen LogP contribution in [0.5, 0.6) is 0 Å². The molecule has 5 heteroatoms. The third-order valence-electron chi connectivity index (χ3n) is 5.48. The highest BCUT2D eigenvalue weighted by molar-refractivity contribution is 7.12. The minimum absolute atomic E-state index is 0.0516. The van der Waals surface area contributed by atoms with E-state index >= 15 is 0 Å². The monoisotopic (exact) mass is 404 g/mol. The Hall–Kier alpha value is -2.92.